The van der Waals surface area contributed by atoms with Gasteiger partial charge in [0.1, 0.15) is 0 Å². The van der Waals surface area contributed by atoms with Crippen LogP contribution in [0.2, 0.25) is 0 Å². The number of rotatable bonds is 1. The lowest BCUT2D eigenvalue weighted by atomic mass is 10.2. The minimum atomic E-state index is 0.201. The van der Waals surface area contributed by atoms with Crippen LogP contribution in [0.3, 0.4) is 0 Å². The Kier molecular flexibility index (Phi) is 1.52. The summed E-state index contributed by atoms with van der Waals surface area (Å²) in [6, 6.07) is 8.23. The summed E-state index contributed by atoms with van der Waals surface area (Å²) in [4.78, 5) is 0. The first-order valence-electron chi connectivity index (χ1n) is 3.71. The smallest absolute Gasteiger partial charge is 0.0935 e. The first-order chi connectivity index (χ1) is 5.40. The molecule has 1 aliphatic rings. The van der Waals surface area contributed by atoms with Gasteiger partial charge < -0.3 is 5.32 Å². The minimum Gasteiger partial charge on any atom is -0.368 e. The number of hydrazine groups is 1. The van der Waals surface area contributed by atoms with E-state index in [-0.39, 0.29) is 6.17 Å². The molecule has 1 aromatic carbocycles. The van der Waals surface area contributed by atoms with Crippen molar-refractivity contribution in [3.8, 4) is 0 Å². The molecule has 1 unspecified atom stereocenters. The van der Waals surface area contributed by atoms with Crippen molar-refractivity contribution >= 4 is 5.69 Å². The van der Waals surface area contributed by atoms with Crippen LogP contribution in [0.25, 0.3) is 0 Å². The van der Waals surface area contributed by atoms with E-state index in [0.717, 1.165) is 6.42 Å². The first kappa shape index (κ1) is 6.64. The number of benzene rings is 1. The summed E-state index contributed by atoms with van der Waals surface area (Å²) in [5.74, 6) is 5.30. The number of para-hydroxylation sites is 1. The Morgan fingerprint density at radius 3 is 3.00 bits per heavy atom. The molecule has 0 bridgehead atoms. The van der Waals surface area contributed by atoms with Crippen molar-refractivity contribution in [1.82, 2.24) is 5.43 Å². The van der Waals surface area contributed by atoms with Crippen LogP contribution in [-0.2, 0) is 6.42 Å². The molecule has 0 saturated heterocycles. The highest BCUT2D eigenvalue weighted by atomic mass is 15.3. The Balaban J connectivity index is 2.27. The Hall–Kier alpha value is -1.06. The fourth-order valence-corrected chi connectivity index (χ4v) is 1.40. The van der Waals surface area contributed by atoms with Gasteiger partial charge in [0, 0.05) is 12.1 Å². The van der Waals surface area contributed by atoms with Crippen molar-refractivity contribution in [2.75, 3.05) is 5.32 Å². The fraction of sp³-hybridized carbons (Fsp3) is 0.250. The van der Waals surface area contributed by atoms with Crippen molar-refractivity contribution in [3.63, 3.8) is 0 Å². The van der Waals surface area contributed by atoms with Crippen molar-refractivity contribution in [1.29, 1.82) is 0 Å². The second-order valence-corrected chi connectivity index (χ2v) is 2.72. The number of fused-ring (bicyclic) bond motifs is 1. The summed E-state index contributed by atoms with van der Waals surface area (Å²) >= 11 is 0. The SMILES string of the molecule is NNC1Cc2ccccc2N1. The van der Waals surface area contributed by atoms with Crippen molar-refractivity contribution in [2.24, 2.45) is 5.84 Å². The zero-order valence-corrected chi connectivity index (χ0v) is 6.17. The topological polar surface area (TPSA) is 50.1 Å². The van der Waals surface area contributed by atoms with Crippen molar-refractivity contribution in [2.45, 2.75) is 12.6 Å². The average molecular weight is 149 g/mol. The molecule has 0 spiro atoms. The van der Waals surface area contributed by atoms with Gasteiger partial charge in [-0.05, 0) is 11.6 Å². The fourth-order valence-electron chi connectivity index (χ4n) is 1.40. The van der Waals surface area contributed by atoms with Gasteiger partial charge >= 0.3 is 0 Å². The molecule has 0 aromatic heterocycles. The van der Waals surface area contributed by atoms with Crippen LogP contribution in [0.5, 0.6) is 0 Å². The number of nitrogens with two attached hydrogens (primary N) is 1. The molecule has 1 aromatic rings. The van der Waals surface area contributed by atoms with Gasteiger partial charge in [-0.15, -0.1) is 0 Å². The van der Waals surface area contributed by atoms with Gasteiger partial charge in [-0.2, -0.15) is 0 Å². The molecule has 1 aliphatic heterocycles. The maximum Gasteiger partial charge on any atom is 0.0935 e. The number of anilines is 1. The molecular weight excluding hydrogens is 138 g/mol. The van der Waals surface area contributed by atoms with Crippen LogP contribution in [0.15, 0.2) is 24.3 Å². The standard InChI is InChI=1S/C8H11N3/c9-11-8-5-6-3-1-2-4-7(6)10-8/h1-4,8,10-11H,5,9H2. The van der Waals surface area contributed by atoms with Crippen molar-refractivity contribution in [3.05, 3.63) is 29.8 Å². The van der Waals surface area contributed by atoms with Gasteiger partial charge in [-0.1, -0.05) is 18.2 Å². The monoisotopic (exact) mass is 149 g/mol. The third-order valence-electron chi connectivity index (χ3n) is 1.97. The number of hydrogen-bond acceptors (Lipinski definition) is 3. The molecule has 0 amide bonds. The Morgan fingerprint density at radius 1 is 1.45 bits per heavy atom. The summed E-state index contributed by atoms with van der Waals surface area (Å²) < 4.78 is 0. The zero-order valence-electron chi connectivity index (χ0n) is 6.17. The van der Waals surface area contributed by atoms with Gasteiger partial charge in [0.2, 0.25) is 0 Å². The molecule has 4 N–H and O–H groups in total. The van der Waals surface area contributed by atoms with Crippen LogP contribution in [-0.4, -0.2) is 6.17 Å². The predicted octanol–water partition coefficient (Wildman–Crippen LogP) is 0.444. The number of hydrogen-bond donors (Lipinski definition) is 3. The normalized spacial score (nSPS) is 21.0. The Morgan fingerprint density at radius 2 is 2.27 bits per heavy atom. The molecule has 3 heteroatoms. The molecule has 0 aliphatic carbocycles. The summed E-state index contributed by atoms with van der Waals surface area (Å²) in [7, 11) is 0. The van der Waals surface area contributed by atoms with Gasteiger partial charge in [-0.25, -0.2) is 5.43 Å². The maximum atomic E-state index is 5.30. The second kappa shape index (κ2) is 2.53. The molecule has 0 fully saturated rings. The summed E-state index contributed by atoms with van der Waals surface area (Å²) in [5.41, 5.74) is 5.22. The lowest BCUT2D eigenvalue weighted by Gasteiger charge is -2.07. The van der Waals surface area contributed by atoms with E-state index < -0.39 is 0 Å². The van der Waals surface area contributed by atoms with E-state index in [1.54, 1.807) is 0 Å². The van der Waals surface area contributed by atoms with Gasteiger partial charge in [-0.3, -0.25) is 5.84 Å². The van der Waals surface area contributed by atoms with Crippen LogP contribution in [0, 0.1) is 0 Å². The van der Waals surface area contributed by atoms with Gasteiger partial charge in [0.15, 0.2) is 0 Å². The summed E-state index contributed by atoms with van der Waals surface area (Å²) in [6.07, 6.45) is 1.17. The minimum absolute atomic E-state index is 0.201. The molecule has 11 heavy (non-hydrogen) atoms. The van der Waals surface area contributed by atoms with Crippen LogP contribution in [0.4, 0.5) is 5.69 Å². The molecule has 0 radical (unpaired) electrons. The lowest BCUT2D eigenvalue weighted by Crippen LogP contribution is -2.39. The van der Waals surface area contributed by atoms with Crippen LogP contribution < -0.4 is 16.6 Å². The highest BCUT2D eigenvalue weighted by Crippen LogP contribution is 2.23. The Labute approximate surface area is 65.6 Å². The summed E-state index contributed by atoms with van der Waals surface area (Å²) in [6.45, 7) is 0. The molecule has 2 rings (SSSR count). The maximum absolute atomic E-state index is 5.30. The quantitative estimate of drug-likeness (QED) is 0.401. The molecule has 1 atom stereocenters. The van der Waals surface area contributed by atoms with E-state index in [2.05, 4.69) is 22.9 Å². The molecule has 3 nitrogen and oxygen atoms in total. The summed E-state index contributed by atoms with van der Waals surface area (Å²) in [5, 5.41) is 3.25. The van der Waals surface area contributed by atoms with E-state index in [1.807, 2.05) is 12.1 Å². The second-order valence-electron chi connectivity index (χ2n) is 2.72. The van der Waals surface area contributed by atoms with Crippen LogP contribution >= 0.6 is 0 Å². The first-order valence-corrected chi connectivity index (χ1v) is 3.71. The van der Waals surface area contributed by atoms with Crippen LogP contribution in [0.1, 0.15) is 5.56 Å². The molecular formula is C8H11N3. The van der Waals surface area contributed by atoms with E-state index in [9.17, 15) is 0 Å². The molecule has 1 heterocycles. The zero-order chi connectivity index (χ0) is 7.68. The highest BCUT2D eigenvalue weighted by molar-refractivity contribution is 5.56. The molecule has 0 saturated carbocycles. The third kappa shape index (κ3) is 1.08. The molecule has 58 valence electrons. The van der Waals surface area contributed by atoms with E-state index in [0.29, 0.717) is 0 Å². The average Bonchev–Trinajstić information content (AvgIpc) is 2.46. The van der Waals surface area contributed by atoms with Crippen molar-refractivity contribution < 1.29 is 0 Å². The van der Waals surface area contributed by atoms with E-state index in [4.69, 9.17) is 5.84 Å². The van der Waals surface area contributed by atoms with Gasteiger partial charge in [0.25, 0.3) is 0 Å². The Bertz CT molecular complexity index is 234. The van der Waals surface area contributed by atoms with E-state index >= 15 is 0 Å². The van der Waals surface area contributed by atoms with Gasteiger partial charge in [0.05, 0.1) is 6.17 Å². The largest absolute Gasteiger partial charge is 0.368 e. The highest BCUT2D eigenvalue weighted by Gasteiger charge is 2.17. The van der Waals surface area contributed by atoms with E-state index in [1.165, 1.54) is 11.3 Å². The third-order valence-corrected chi connectivity index (χ3v) is 1.97. The number of nitrogens with one attached hydrogen (secondary N) is 2. The lowest BCUT2D eigenvalue weighted by molar-refractivity contribution is 0.602. The predicted molar refractivity (Wildman–Crippen MR) is 44.9 cm³/mol.